The van der Waals surface area contributed by atoms with Crippen molar-refractivity contribution >= 4 is 20.0 Å². The summed E-state index contributed by atoms with van der Waals surface area (Å²) in [6.07, 6.45) is -17.2. The first kappa shape index (κ1) is 33.9. The summed E-state index contributed by atoms with van der Waals surface area (Å²) >= 11 is 0. The van der Waals surface area contributed by atoms with Crippen molar-refractivity contribution in [3.05, 3.63) is 0 Å². The van der Waals surface area contributed by atoms with Crippen LogP contribution in [0.3, 0.4) is 0 Å². The number of nitrogens with one attached hydrogen (secondary N) is 1. The molecule has 12 atom stereocenters. The highest BCUT2D eigenvalue weighted by molar-refractivity contribution is 6.76. The monoisotopic (exact) mass is 585 g/mol. The summed E-state index contributed by atoms with van der Waals surface area (Å²) in [6, 6.07) is -0.676. The first-order valence-electron chi connectivity index (χ1n) is 12.8. The lowest BCUT2D eigenvalue weighted by molar-refractivity contribution is -0.353. The van der Waals surface area contributed by atoms with Crippen LogP contribution in [0.5, 0.6) is 0 Å². The minimum Gasteiger partial charge on any atom is -0.477 e. The van der Waals surface area contributed by atoms with Crippen molar-refractivity contribution in [1.82, 2.24) is 5.32 Å². The largest absolute Gasteiger partial charge is 0.477 e. The average molecular weight is 586 g/mol. The highest BCUT2D eigenvalue weighted by atomic mass is 28.3. The van der Waals surface area contributed by atoms with Gasteiger partial charge in [0, 0.05) is 28.0 Å². The summed E-state index contributed by atoms with van der Waals surface area (Å²) in [7, 11) is -1.52. The lowest BCUT2D eigenvalue weighted by Gasteiger charge is -2.49. The average Bonchev–Trinajstić information content (AvgIpc) is 2.83. The van der Waals surface area contributed by atoms with Gasteiger partial charge in [-0.3, -0.25) is 4.79 Å². The van der Waals surface area contributed by atoms with Gasteiger partial charge in [0.05, 0.1) is 24.9 Å². The molecule has 15 nitrogen and oxygen atoms in total. The Hall–Kier alpha value is -1.28. The number of hydrogen-bond acceptors (Lipinski definition) is 13. The second-order valence-corrected chi connectivity index (χ2v) is 16.9. The number of carboxylic acid groups (broad SMARTS) is 1. The Labute approximate surface area is 227 Å². The fourth-order valence-electron chi connectivity index (χ4n) is 4.50. The maximum Gasteiger partial charge on any atom is 0.364 e. The topological polar surface area (TPSA) is 245 Å². The molecule has 0 bridgehead atoms. The number of ether oxygens (including phenoxy) is 4. The van der Waals surface area contributed by atoms with Crippen molar-refractivity contribution in [2.24, 2.45) is 0 Å². The highest BCUT2D eigenvalue weighted by Gasteiger charge is 2.58. The third kappa shape index (κ3) is 8.37. The Morgan fingerprint density at radius 2 is 1.69 bits per heavy atom. The molecule has 2 aliphatic heterocycles. The molecule has 0 unspecified atom stereocenters. The van der Waals surface area contributed by atoms with Crippen molar-refractivity contribution in [2.75, 3.05) is 13.2 Å². The SMILES string of the molecule is CC(=O)N[C@H]1[C@H]([C@H](O)[C@H](O)CO)O[C@@](O[C@@H](C)[C@H]2O[C@@H](OCC[Si](C)(C)C)[C@H](O)[C@@H](O)[C@H]2O)(C(=O)O)C[C@@H]1O. The van der Waals surface area contributed by atoms with Crippen LogP contribution < -0.4 is 5.32 Å². The van der Waals surface area contributed by atoms with E-state index in [9.17, 15) is 50.4 Å². The van der Waals surface area contributed by atoms with Gasteiger partial charge in [-0.05, 0) is 13.0 Å². The van der Waals surface area contributed by atoms with Crippen LogP contribution >= 0.6 is 0 Å². The van der Waals surface area contributed by atoms with Gasteiger partial charge < -0.3 is 65.1 Å². The molecule has 39 heavy (non-hydrogen) atoms. The number of carboxylic acids is 1. The van der Waals surface area contributed by atoms with Crippen LogP contribution in [-0.2, 0) is 28.5 Å². The zero-order chi connectivity index (χ0) is 29.9. The predicted molar refractivity (Wildman–Crippen MR) is 134 cm³/mol. The summed E-state index contributed by atoms with van der Waals surface area (Å²) in [6.45, 7) is 7.99. The molecule has 0 aromatic heterocycles. The van der Waals surface area contributed by atoms with E-state index in [4.69, 9.17) is 18.9 Å². The van der Waals surface area contributed by atoms with Crippen LogP contribution in [0.2, 0.25) is 25.7 Å². The van der Waals surface area contributed by atoms with Crippen LogP contribution in [0.4, 0.5) is 0 Å². The quantitative estimate of drug-likeness (QED) is 0.102. The van der Waals surface area contributed by atoms with E-state index in [1.165, 1.54) is 6.92 Å². The molecule has 2 fully saturated rings. The highest BCUT2D eigenvalue weighted by Crippen LogP contribution is 2.36. The Bertz CT molecular complexity index is 829. The molecular weight excluding hydrogens is 542 g/mol. The Balaban J connectivity index is 2.30. The number of aliphatic hydroxyl groups is 7. The number of aliphatic carboxylic acids is 1. The summed E-state index contributed by atoms with van der Waals surface area (Å²) in [5.74, 6) is -5.09. The van der Waals surface area contributed by atoms with Gasteiger partial charge in [0.2, 0.25) is 5.91 Å². The molecule has 9 N–H and O–H groups in total. The second-order valence-electron chi connectivity index (χ2n) is 11.3. The number of hydrogen-bond donors (Lipinski definition) is 9. The molecule has 2 aliphatic rings. The lowest BCUT2D eigenvalue weighted by atomic mass is 9.88. The van der Waals surface area contributed by atoms with Gasteiger partial charge in [0.15, 0.2) is 6.29 Å². The standard InChI is InChI=1S/C23H43NO14Si/c1-10(19-17(31)16(30)18(32)21(36-19)35-6-7-39(3,4)5)37-23(22(33)34)8-12(27)14(24-11(2)26)20(38-23)15(29)13(28)9-25/h10,12-21,25,27-32H,6-9H2,1-5H3,(H,24,26)(H,33,34)/t10-,12-,13+,14+,15+,16-,17+,18+,19+,20+,21+,23+/m0/s1. The van der Waals surface area contributed by atoms with Crippen LogP contribution in [0.25, 0.3) is 0 Å². The van der Waals surface area contributed by atoms with Gasteiger partial charge >= 0.3 is 5.97 Å². The van der Waals surface area contributed by atoms with E-state index in [0.717, 1.165) is 6.92 Å². The number of rotatable bonds is 12. The minimum absolute atomic E-state index is 0.202. The summed E-state index contributed by atoms with van der Waals surface area (Å²) < 4.78 is 22.6. The lowest BCUT2D eigenvalue weighted by Crippen LogP contribution is -2.69. The van der Waals surface area contributed by atoms with Gasteiger partial charge in [0.25, 0.3) is 5.79 Å². The van der Waals surface area contributed by atoms with Crippen molar-refractivity contribution in [2.45, 2.75) is 119 Å². The van der Waals surface area contributed by atoms with Crippen LogP contribution in [0.1, 0.15) is 20.3 Å². The zero-order valence-electron chi connectivity index (χ0n) is 22.7. The third-order valence-corrected chi connectivity index (χ3v) is 8.47. The van der Waals surface area contributed by atoms with E-state index < -0.39 is 106 Å². The molecule has 2 saturated heterocycles. The smallest absolute Gasteiger partial charge is 0.364 e. The van der Waals surface area contributed by atoms with Gasteiger partial charge in [-0.2, -0.15) is 0 Å². The van der Waals surface area contributed by atoms with Crippen LogP contribution in [0, 0.1) is 0 Å². The van der Waals surface area contributed by atoms with E-state index in [0.29, 0.717) is 6.04 Å². The first-order chi connectivity index (χ1) is 17.9. The molecule has 0 saturated carbocycles. The Morgan fingerprint density at radius 1 is 1.08 bits per heavy atom. The molecule has 0 aliphatic carbocycles. The molecule has 0 radical (unpaired) electrons. The molecule has 0 aromatic rings. The Kier molecular flexibility index (Phi) is 11.8. The molecule has 0 spiro atoms. The molecule has 228 valence electrons. The number of carbonyl (C=O) groups is 2. The van der Waals surface area contributed by atoms with E-state index >= 15 is 0 Å². The van der Waals surface area contributed by atoms with Crippen molar-refractivity contribution in [3.63, 3.8) is 0 Å². The van der Waals surface area contributed by atoms with Crippen molar-refractivity contribution in [1.29, 1.82) is 0 Å². The molecule has 1 amide bonds. The summed E-state index contributed by atoms with van der Waals surface area (Å²) in [5.41, 5.74) is 0. The van der Waals surface area contributed by atoms with Gasteiger partial charge in [-0.1, -0.05) is 19.6 Å². The van der Waals surface area contributed by atoms with Gasteiger partial charge in [-0.25, -0.2) is 4.79 Å². The second kappa shape index (κ2) is 13.6. The van der Waals surface area contributed by atoms with Crippen LogP contribution in [-0.4, -0.2) is 147 Å². The van der Waals surface area contributed by atoms with E-state index in [1.54, 1.807) is 0 Å². The minimum atomic E-state index is -2.69. The van der Waals surface area contributed by atoms with E-state index in [-0.39, 0.29) is 6.61 Å². The van der Waals surface area contributed by atoms with Crippen molar-refractivity contribution in [3.8, 4) is 0 Å². The van der Waals surface area contributed by atoms with Gasteiger partial charge in [0.1, 0.15) is 42.7 Å². The molecule has 0 aromatic carbocycles. The number of aliphatic hydroxyl groups excluding tert-OH is 7. The fourth-order valence-corrected chi connectivity index (χ4v) is 5.23. The maximum atomic E-state index is 12.4. The number of carbonyl (C=O) groups excluding carboxylic acids is 1. The summed E-state index contributed by atoms with van der Waals surface area (Å²) in [4.78, 5) is 24.1. The Morgan fingerprint density at radius 3 is 2.21 bits per heavy atom. The molecular formula is C23H43NO14Si. The zero-order valence-corrected chi connectivity index (χ0v) is 23.7. The van der Waals surface area contributed by atoms with Crippen molar-refractivity contribution < 1.29 is 69.4 Å². The normalized spacial score (nSPS) is 38.1. The predicted octanol–water partition coefficient (Wildman–Crippen LogP) is -3.30. The third-order valence-electron chi connectivity index (χ3n) is 6.77. The fraction of sp³-hybridized carbons (Fsp3) is 0.913. The maximum absolute atomic E-state index is 12.4. The molecule has 2 heterocycles. The van der Waals surface area contributed by atoms with E-state index in [2.05, 4.69) is 25.0 Å². The first-order valence-corrected chi connectivity index (χ1v) is 16.5. The van der Waals surface area contributed by atoms with Crippen LogP contribution in [0.15, 0.2) is 0 Å². The number of amides is 1. The van der Waals surface area contributed by atoms with Gasteiger partial charge in [-0.15, -0.1) is 0 Å². The summed E-state index contributed by atoms with van der Waals surface area (Å²) in [5, 5.41) is 84.3. The van der Waals surface area contributed by atoms with E-state index in [1.807, 2.05) is 0 Å². The molecule has 16 heteroatoms. The molecule has 2 rings (SSSR count).